The van der Waals surface area contributed by atoms with Gasteiger partial charge in [-0.05, 0) is 36.2 Å². The molecule has 1 aliphatic carbocycles. The normalized spacial score (nSPS) is 16.0. The van der Waals surface area contributed by atoms with E-state index in [1.54, 1.807) is 19.2 Å². The highest BCUT2D eigenvalue weighted by Gasteiger charge is 2.50. The largest absolute Gasteiger partial charge is 0.346 e. The third-order valence-electron chi connectivity index (χ3n) is 9.32. The Hall–Kier alpha value is -5.21. The van der Waals surface area contributed by atoms with Crippen LogP contribution in [0.15, 0.2) is 36.4 Å². The number of rotatable bonds is 11. The second-order valence-corrected chi connectivity index (χ2v) is 16.1. The molecule has 0 aliphatic heterocycles. The van der Waals surface area contributed by atoms with Crippen LogP contribution in [0.2, 0.25) is 5.02 Å². The highest BCUT2D eigenvalue weighted by Crippen LogP contribution is 2.49. The van der Waals surface area contributed by atoms with Gasteiger partial charge in [-0.15, -0.1) is 0 Å². The van der Waals surface area contributed by atoms with Crippen molar-refractivity contribution in [1.29, 1.82) is 0 Å². The first-order valence-electron chi connectivity index (χ1n) is 17.0. The number of nitrogens with two attached hydrogens (primary N) is 1. The van der Waals surface area contributed by atoms with Crippen molar-refractivity contribution in [2.45, 2.75) is 63.6 Å². The summed E-state index contributed by atoms with van der Waals surface area (Å²) in [5.74, 6) is -6.13. The lowest BCUT2D eigenvalue weighted by molar-refractivity contribution is -0.122. The van der Waals surface area contributed by atoms with Gasteiger partial charge in [0.05, 0.1) is 39.4 Å². The number of sulfonamides is 1. The van der Waals surface area contributed by atoms with E-state index < -0.39 is 81.9 Å². The summed E-state index contributed by atoms with van der Waals surface area (Å²) in [4.78, 5) is 26.5. The molecule has 0 spiro atoms. The third kappa shape index (κ3) is 7.27. The van der Waals surface area contributed by atoms with Gasteiger partial charge in [0.25, 0.3) is 12.3 Å². The summed E-state index contributed by atoms with van der Waals surface area (Å²) in [5, 5.41) is 11.0. The summed E-state index contributed by atoms with van der Waals surface area (Å²) >= 11 is 6.61. The summed E-state index contributed by atoms with van der Waals surface area (Å²) in [6.07, 6.45) is -3.61. The minimum absolute atomic E-state index is 0.0597. The van der Waals surface area contributed by atoms with E-state index in [2.05, 4.69) is 30.2 Å². The molecule has 13 nitrogen and oxygen atoms in total. The Kier molecular flexibility index (Phi) is 9.81. The Labute approximate surface area is 319 Å². The molecule has 7 rings (SSSR count). The van der Waals surface area contributed by atoms with Crippen molar-refractivity contribution >= 4 is 55.4 Å². The number of pyridine rings is 1. The number of H-pyrrole nitrogens is 1. The first-order valence-corrected chi connectivity index (χ1v) is 19.3. The van der Waals surface area contributed by atoms with Gasteiger partial charge < -0.3 is 16.0 Å². The van der Waals surface area contributed by atoms with Crippen LogP contribution in [-0.4, -0.2) is 55.1 Å². The smallest absolute Gasteiger partial charge is 0.291 e. The van der Waals surface area contributed by atoms with Crippen molar-refractivity contribution in [3.63, 3.8) is 0 Å². The van der Waals surface area contributed by atoms with E-state index in [0.29, 0.717) is 38.7 Å². The lowest BCUT2D eigenvalue weighted by atomic mass is 9.94. The Morgan fingerprint density at radius 1 is 1.07 bits per heavy atom. The second kappa shape index (κ2) is 14.1. The summed E-state index contributed by atoms with van der Waals surface area (Å²) in [7, 11) is -2.28. The van der Waals surface area contributed by atoms with Crippen molar-refractivity contribution < 1.29 is 39.6 Å². The van der Waals surface area contributed by atoms with E-state index in [1.165, 1.54) is 10.7 Å². The maximum atomic E-state index is 15.1. The molecule has 0 saturated heterocycles. The summed E-state index contributed by atoms with van der Waals surface area (Å²) in [6, 6.07) is 4.75. The quantitative estimate of drug-likeness (QED) is 0.105. The number of aromatic amines is 1. The van der Waals surface area contributed by atoms with Crippen LogP contribution in [0.1, 0.15) is 78.7 Å². The summed E-state index contributed by atoms with van der Waals surface area (Å²) in [5.41, 5.74) is 5.15. The predicted octanol–water partition coefficient (Wildman–Crippen LogP) is 6.67. The predicted molar refractivity (Wildman–Crippen MR) is 195 cm³/mol. The molecule has 1 amide bonds. The standard InChI is InChI=1S/C35H33ClF6N10O3S/c1-14(2)32-45-23-11-19(18-5-6-20(36)25-29(18)51(3)49-34(25)50-56(4,54)55)27(46-33(23)47-32)22(9-15-7-16(37)10-17(38)8-15)44-24(53)13-52-30-26(28(48-52)31(39)40)21(43)12-35(30,41)42/h5-8,10-11,14,21-22,31H,9,12-13,43H2,1-4H3,(H,44,53)(H,49,50)(H,45,46,47)/t21-,22-/m0/s1. The number of aromatic nitrogens is 7. The summed E-state index contributed by atoms with van der Waals surface area (Å²) in [6.45, 7) is 2.81. The Morgan fingerprint density at radius 3 is 2.41 bits per heavy atom. The number of benzene rings is 2. The van der Waals surface area contributed by atoms with Gasteiger partial charge in [-0.2, -0.15) is 19.0 Å². The number of alkyl halides is 4. The number of hydrogen-bond acceptors (Lipinski definition) is 8. The number of nitrogens with one attached hydrogen (secondary N) is 3. The van der Waals surface area contributed by atoms with Crippen LogP contribution >= 0.6 is 11.6 Å². The third-order valence-corrected chi connectivity index (χ3v) is 10.2. The molecule has 6 aromatic rings. The van der Waals surface area contributed by atoms with E-state index >= 15 is 8.78 Å². The number of amides is 1. The van der Waals surface area contributed by atoms with Crippen molar-refractivity contribution in [3.05, 3.63) is 87.1 Å². The zero-order valence-electron chi connectivity index (χ0n) is 29.9. The van der Waals surface area contributed by atoms with Gasteiger partial charge >= 0.3 is 0 Å². The lowest BCUT2D eigenvalue weighted by Gasteiger charge is -2.23. The van der Waals surface area contributed by atoms with E-state index in [1.807, 2.05) is 13.8 Å². The lowest BCUT2D eigenvalue weighted by Crippen LogP contribution is -2.35. The number of aryl methyl sites for hydroxylation is 1. The average Bonchev–Trinajstić information content (AvgIpc) is 3.81. The number of halogens is 7. The average molecular weight is 823 g/mol. The maximum absolute atomic E-state index is 15.1. The fraction of sp³-hybridized carbons (Fsp3) is 0.343. The zero-order chi connectivity index (χ0) is 40.6. The minimum atomic E-state index is -3.83. The molecule has 4 aromatic heterocycles. The Morgan fingerprint density at radius 2 is 1.77 bits per heavy atom. The number of fused-ring (bicyclic) bond motifs is 3. The first kappa shape index (κ1) is 39.0. The first-order chi connectivity index (χ1) is 26.2. The van der Waals surface area contributed by atoms with E-state index in [4.69, 9.17) is 22.3 Å². The number of carbonyl (C=O) groups excluding carboxylic acids is 1. The number of anilines is 1. The van der Waals surface area contributed by atoms with Crippen LogP contribution in [0.25, 0.3) is 33.2 Å². The molecule has 0 fully saturated rings. The van der Waals surface area contributed by atoms with Gasteiger partial charge in [0.2, 0.25) is 15.9 Å². The Balaban J connectivity index is 1.42. The minimum Gasteiger partial charge on any atom is -0.346 e. The monoisotopic (exact) mass is 822 g/mol. The highest BCUT2D eigenvalue weighted by molar-refractivity contribution is 7.92. The number of imidazole rings is 1. The molecule has 1 aliphatic rings. The zero-order valence-corrected chi connectivity index (χ0v) is 31.5. The molecule has 0 radical (unpaired) electrons. The fourth-order valence-corrected chi connectivity index (χ4v) is 7.86. The van der Waals surface area contributed by atoms with Crippen LogP contribution in [0, 0.1) is 11.6 Å². The summed E-state index contributed by atoms with van der Waals surface area (Å²) < 4.78 is 116. The van der Waals surface area contributed by atoms with Crippen LogP contribution < -0.4 is 15.8 Å². The van der Waals surface area contributed by atoms with Crippen LogP contribution in [0.4, 0.5) is 32.2 Å². The van der Waals surface area contributed by atoms with Crippen LogP contribution in [-0.2, 0) is 40.8 Å². The van der Waals surface area contributed by atoms with Crippen LogP contribution in [0.5, 0.6) is 0 Å². The van der Waals surface area contributed by atoms with Crippen LogP contribution in [0.3, 0.4) is 0 Å². The molecular weight excluding hydrogens is 790 g/mol. The molecule has 4 heterocycles. The van der Waals surface area contributed by atoms with E-state index in [-0.39, 0.29) is 45.5 Å². The number of hydrogen-bond donors (Lipinski definition) is 4. The van der Waals surface area contributed by atoms with E-state index in [9.17, 15) is 30.8 Å². The van der Waals surface area contributed by atoms with Gasteiger partial charge in [-0.3, -0.25) is 18.9 Å². The molecule has 5 N–H and O–H groups in total. The Bertz CT molecular complexity index is 2640. The second-order valence-electron chi connectivity index (χ2n) is 14.0. The molecule has 0 bridgehead atoms. The molecule has 296 valence electrons. The highest BCUT2D eigenvalue weighted by atomic mass is 35.5. The molecule has 0 unspecified atom stereocenters. The molecule has 0 saturated carbocycles. The SMILES string of the molecule is CC(C)c1nc2nc([C@H](Cc3cc(F)cc(F)c3)NC(=O)Cn3nc(C(F)F)c4c3C(F)(F)C[C@@H]4N)c(-c3ccc(Cl)c4c(NS(C)(=O)=O)nn(C)c34)cc2[nH]1. The van der Waals surface area contributed by atoms with Crippen molar-refractivity contribution in [2.24, 2.45) is 12.8 Å². The molecular formula is C35H33ClF6N10O3S. The number of carbonyl (C=O) groups is 1. The van der Waals surface area contributed by atoms with Gasteiger partial charge in [-0.1, -0.05) is 31.5 Å². The fourth-order valence-electron chi connectivity index (χ4n) is 7.12. The van der Waals surface area contributed by atoms with Crippen molar-refractivity contribution in [3.8, 4) is 11.1 Å². The molecule has 2 aromatic carbocycles. The molecule has 56 heavy (non-hydrogen) atoms. The molecule has 21 heteroatoms. The van der Waals surface area contributed by atoms with Gasteiger partial charge in [0, 0.05) is 48.2 Å². The topological polar surface area (TPSA) is 178 Å². The maximum Gasteiger partial charge on any atom is 0.291 e. The van der Waals surface area contributed by atoms with Gasteiger partial charge in [0.1, 0.15) is 35.4 Å². The van der Waals surface area contributed by atoms with Crippen molar-refractivity contribution in [2.75, 3.05) is 11.0 Å². The van der Waals surface area contributed by atoms with Gasteiger partial charge in [0.15, 0.2) is 11.5 Å². The van der Waals surface area contributed by atoms with E-state index in [0.717, 1.165) is 18.4 Å². The van der Waals surface area contributed by atoms with Gasteiger partial charge in [-0.25, -0.2) is 35.9 Å². The molecule has 2 atom stereocenters. The number of nitrogens with zero attached hydrogens (tertiary/aromatic N) is 6. The van der Waals surface area contributed by atoms with Crippen molar-refractivity contribution in [1.82, 2.24) is 39.8 Å².